The SMILES string of the molecule is CC(C)[C@@H](NC(=O)N1CCc2ccccc2C1)c1cccnc1. The number of urea groups is 1. The van der Waals surface area contributed by atoms with E-state index in [1.54, 1.807) is 6.20 Å². The Hall–Kier alpha value is -2.36. The van der Waals surface area contributed by atoms with Gasteiger partial charge in [0.25, 0.3) is 0 Å². The third-order valence-corrected chi connectivity index (χ3v) is 4.41. The van der Waals surface area contributed by atoms with E-state index in [9.17, 15) is 4.79 Å². The van der Waals surface area contributed by atoms with E-state index in [1.165, 1.54) is 11.1 Å². The highest BCUT2D eigenvalue weighted by Gasteiger charge is 2.24. The van der Waals surface area contributed by atoms with Crippen molar-refractivity contribution < 1.29 is 4.79 Å². The van der Waals surface area contributed by atoms with Gasteiger partial charge < -0.3 is 10.2 Å². The van der Waals surface area contributed by atoms with Gasteiger partial charge in [-0.25, -0.2) is 4.79 Å². The monoisotopic (exact) mass is 309 g/mol. The van der Waals surface area contributed by atoms with Crippen molar-refractivity contribution in [1.82, 2.24) is 15.2 Å². The molecule has 0 radical (unpaired) electrons. The molecule has 1 N–H and O–H groups in total. The van der Waals surface area contributed by atoms with E-state index >= 15 is 0 Å². The van der Waals surface area contributed by atoms with Crippen LogP contribution >= 0.6 is 0 Å². The number of carbonyl (C=O) groups is 1. The Morgan fingerprint density at radius 2 is 1.96 bits per heavy atom. The number of nitrogens with zero attached hydrogens (tertiary/aromatic N) is 2. The van der Waals surface area contributed by atoms with Crippen LogP contribution in [-0.2, 0) is 13.0 Å². The Balaban J connectivity index is 1.71. The maximum atomic E-state index is 12.7. The number of hydrogen-bond donors (Lipinski definition) is 1. The molecule has 0 bridgehead atoms. The summed E-state index contributed by atoms with van der Waals surface area (Å²) in [4.78, 5) is 18.8. The summed E-state index contributed by atoms with van der Waals surface area (Å²) in [5.41, 5.74) is 3.65. The van der Waals surface area contributed by atoms with Crippen LogP contribution in [0, 0.1) is 5.92 Å². The predicted molar refractivity (Wildman–Crippen MR) is 90.9 cm³/mol. The van der Waals surface area contributed by atoms with Gasteiger partial charge in [-0.05, 0) is 35.1 Å². The molecule has 0 fully saturated rings. The van der Waals surface area contributed by atoms with Crippen LogP contribution in [0.15, 0.2) is 48.8 Å². The molecule has 1 atom stereocenters. The number of aromatic nitrogens is 1. The minimum atomic E-state index is -0.0200. The fourth-order valence-electron chi connectivity index (χ4n) is 3.09. The maximum Gasteiger partial charge on any atom is 0.318 e. The molecule has 0 unspecified atom stereocenters. The Bertz CT molecular complexity index is 669. The average Bonchev–Trinajstić information content (AvgIpc) is 2.59. The lowest BCUT2D eigenvalue weighted by Crippen LogP contribution is -2.45. The first-order chi connectivity index (χ1) is 11.1. The van der Waals surface area contributed by atoms with E-state index in [-0.39, 0.29) is 12.1 Å². The summed E-state index contributed by atoms with van der Waals surface area (Å²) < 4.78 is 0. The third-order valence-electron chi connectivity index (χ3n) is 4.41. The number of nitrogens with one attached hydrogen (secondary N) is 1. The van der Waals surface area contributed by atoms with Crippen molar-refractivity contribution in [2.45, 2.75) is 32.9 Å². The largest absolute Gasteiger partial charge is 0.331 e. The van der Waals surface area contributed by atoms with Gasteiger partial charge in [0.1, 0.15) is 0 Å². The van der Waals surface area contributed by atoms with E-state index < -0.39 is 0 Å². The second kappa shape index (κ2) is 6.82. The molecule has 1 aromatic heterocycles. The molecule has 1 aliphatic heterocycles. The number of amides is 2. The van der Waals surface area contributed by atoms with Crippen LogP contribution in [-0.4, -0.2) is 22.5 Å². The fourth-order valence-corrected chi connectivity index (χ4v) is 3.09. The number of rotatable bonds is 3. The van der Waals surface area contributed by atoms with Crippen molar-refractivity contribution in [3.63, 3.8) is 0 Å². The smallest absolute Gasteiger partial charge is 0.318 e. The standard InChI is InChI=1S/C19H23N3O/c1-14(2)18(16-8-5-10-20-12-16)21-19(23)22-11-9-15-6-3-4-7-17(15)13-22/h3-8,10,12,14,18H,9,11,13H2,1-2H3,(H,21,23)/t18-/m1/s1. The molecular weight excluding hydrogens is 286 g/mol. The molecule has 120 valence electrons. The number of pyridine rings is 1. The van der Waals surface area contributed by atoms with Gasteiger partial charge in [0, 0.05) is 25.5 Å². The Morgan fingerprint density at radius 3 is 2.65 bits per heavy atom. The van der Waals surface area contributed by atoms with Crippen LogP contribution in [0.25, 0.3) is 0 Å². The van der Waals surface area contributed by atoms with Crippen LogP contribution < -0.4 is 5.32 Å². The second-order valence-corrected chi connectivity index (χ2v) is 6.40. The highest BCUT2D eigenvalue weighted by Crippen LogP contribution is 2.23. The molecule has 4 heteroatoms. The predicted octanol–water partition coefficient (Wildman–Crippen LogP) is 3.55. The summed E-state index contributed by atoms with van der Waals surface area (Å²) in [7, 11) is 0. The minimum absolute atomic E-state index is 0.00190. The van der Waals surface area contributed by atoms with Crippen molar-refractivity contribution in [3.8, 4) is 0 Å². The van der Waals surface area contributed by atoms with Crippen molar-refractivity contribution in [1.29, 1.82) is 0 Å². The normalized spacial score (nSPS) is 15.2. The molecular formula is C19H23N3O. The van der Waals surface area contributed by atoms with Crippen LogP contribution in [0.1, 0.15) is 36.6 Å². The van der Waals surface area contributed by atoms with Gasteiger partial charge in [-0.15, -0.1) is 0 Å². The molecule has 0 saturated carbocycles. The highest BCUT2D eigenvalue weighted by molar-refractivity contribution is 5.75. The fraction of sp³-hybridized carbons (Fsp3) is 0.368. The number of hydrogen-bond acceptors (Lipinski definition) is 2. The minimum Gasteiger partial charge on any atom is -0.331 e. The lowest BCUT2D eigenvalue weighted by molar-refractivity contribution is 0.184. The quantitative estimate of drug-likeness (QED) is 0.942. The number of fused-ring (bicyclic) bond motifs is 1. The lowest BCUT2D eigenvalue weighted by atomic mass is 9.97. The van der Waals surface area contributed by atoms with Gasteiger partial charge in [-0.1, -0.05) is 44.2 Å². The van der Waals surface area contributed by atoms with Gasteiger partial charge in [0.2, 0.25) is 0 Å². The molecule has 2 amide bonds. The zero-order chi connectivity index (χ0) is 16.2. The van der Waals surface area contributed by atoms with Crippen LogP contribution in [0.4, 0.5) is 4.79 Å². The molecule has 3 rings (SSSR count). The maximum absolute atomic E-state index is 12.7. The summed E-state index contributed by atoms with van der Waals surface area (Å²) in [6.45, 7) is 5.67. The zero-order valence-electron chi connectivity index (χ0n) is 13.7. The highest BCUT2D eigenvalue weighted by atomic mass is 16.2. The van der Waals surface area contributed by atoms with E-state index in [0.29, 0.717) is 12.5 Å². The molecule has 1 aromatic carbocycles. The van der Waals surface area contributed by atoms with Gasteiger partial charge in [-0.2, -0.15) is 0 Å². The molecule has 0 spiro atoms. The summed E-state index contributed by atoms with van der Waals surface area (Å²) in [5, 5.41) is 3.18. The lowest BCUT2D eigenvalue weighted by Gasteiger charge is -2.32. The molecule has 2 aromatic rings. The number of carbonyl (C=O) groups excluding carboxylic acids is 1. The summed E-state index contributed by atoms with van der Waals surface area (Å²) in [5.74, 6) is 0.306. The first-order valence-electron chi connectivity index (χ1n) is 8.17. The molecule has 0 aliphatic carbocycles. The second-order valence-electron chi connectivity index (χ2n) is 6.40. The summed E-state index contributed by atoms with van der Waals surface area (Å²) >= 11 is 0. The van der Waals surface area contributed by atoms with Gasteiger partial charge in [0.05, 0.1) is 6.04 Å². The van der Waals surface area contributed by atoms with Crippen molar-refractivity contribution in [2.75, 3.05) is 6.54 Å². The Kier molecular flexibility index (Phi) is 4.60. The van der Waals surface area contributed by atoms with Gasteiger partial charge in [0.15, 0.2) is 0 Å². The van der Waals surface area contributed by atoms with Gasteiger partial charge in [-0.3, -0.25) is 4.98 Å². The third kappa shape index (κ3) is 3.52. The molecule has 2 heterocycles. The topological polar surface area (TPSA) is 45.2 Å². The van der Waals surface area contributed by atoms with Crippen LogP contribution in [0.5, 0.6) is 0 Å². The molecule has 1 aliphatic rings. The molecule has 4 nitrogen and oxygen atoms in total. The van der Waals surface area contributed by atoms with E-state index in [4.69, 9.17) is 0 Å². The number of benzene rings is 1. The van der Waals surface area contributed by atoms with Crippen molar-refractivity contribution >= 4 is 6.03 Å². The summed E-state index contributed by atoms with van der Waals surface area (Å²) in [6, 6.07) is 12.3. The first kappa shape index (κ1) is 15.5. The first-order valence-corrected chi connectivity index (χ1v) is 8.17. The Labute approximate surface area is 137 Å². The molecule has 0 saturated heterocycles. The van der Waals surface area contributed by atoms with Crippen molar-refractivity contribution in [3.05, 3.63) is 65.5 Å². The van der Waals surface area contributed by atoms with Crippen LogP contribution in [0.2, 0.25) is 0 Å². The summed E-state index contributed by atoms with van der Waals surface area (Å²) in [6.07, 6.45) is 4.50. The van der Waals surface area contributed by atoms with E-state index in [2.05, 4.69) is 42.3 Å². The van der Waals surface area contributed by atoms with E-state index in [1.807, 2.05) is 29.3 Å². The zero-order valence-corrected chi connectivity index (χ0v) is 13.7. The molecule has 23 heavy (non-hydrogen) atoms. The Morgan fingerprint density at radius 1 is 1.17 bits per heavy atom. The van der Waals surface area contributed by atoms with E-state index in [0.717, 1.165) is 18.5 Å². The average molecular weight is 309 g/mol. The van der Waals surface area contributed by atoms with Gasteiger partial charge >= 0.3 is 6.03 Å². The van der Waals surface area contributed by atoms with Crippen LogP contribution in [0.3, 0.4) is 0 Å². The van der Waals surface area contributed by atoms with Crippen molar-refractivity contribution in [2.24, 2.45) is 5.92 Å².